The number of likely N-dealkylation sites (tertiary alicyclic amines) is 1. The SMILES string of the molecule is CCNC1CCCCC1CN1CCCC1C. The molecule has 0 bridgehead atoms. The van der Waals surface area contributed by atoms with Crippen LogP contribution in [0.15, 0.2) is 0 Å². The predicted octanol–water partition coefficient (Wildman–Crippen LogP) is 2.64. The summed E-state index contributed by atoms with van der Waals surface area (Å²) >= 11 is 0. The smallest absolute Gasteiger partial charge is 0.0107 e. The van der Waals surface area contributed by atoms with Crippen LogP contribution in [0, 0.1) is 5.92 Å². The molecular weight excluding hydrogens is 196 g/mol. The molecule has 1 aliphatic carbocycles. The summed E-state index contributed by atoms with van der Waals surface area (Å²) in [5.41, 5.74) is 0. The van der Waals surface area contributed by atoms with Gasteiger partial charge in [0.25, 0.3) is 0 Å². The van der Waals surface area contributed by atoms with Crippen molar-refractivity contribution < 1.29 is 0 Å². The fraction of sp³-hybridized carbons (Fsp3) is 1.00. The Kier molecular flexibility index (Phi) is 4.66. The van der Waals surface area contributed by atoms with Crippen molar-refractivity contribution in [2.24, 2.45) is 5.92 Å². The van der Waals surface area contributed by atoms with Gasteiger partial charge in [0.1, 0.15) is 0 Å². The van der Waals surface area contributed by atoms with Crippen LogP contribution in [-0.4, -0.2) is 36.6 Å². The first-order valence-corrected chi connectivity index (χ1v) is 7.28. The highest BCUT2D eigenvalue weighted by Crippen LogP contribution is 2.27. The molecule has 3 atom stereocenters. The molecule has 0 amide bonds. The molecular formula is C14H28N2. The van der Waals surface area contributed by atoms with Crippen molar-refractivity contribution in [3.63, 3.8) is 0 Å². The van der Waals surface area contributed by atoms with Crippen molar-refractivity contribution in [3.05, 3.63) is 0 Å². The van der Waals surface area contributed by atoms with E-state index in [-0.39, 0.29) is 0 Å². The molecule has 1 N–H and O–H groups in total. The molecule has 0 radical (unpaired) electrons. The molecule has 0 spiro atoms. The molecule has 2 heteroatoms. The van der Waals surface area contributed by atoms with Crippen LogP contribution in [0.5, 0.6) is 0 Å². The highest BCUT2D eigenvalue weighted by Gasteiger charge is 2.29. The molecule has 1 saturated heterocycles. The highest BCUT2D eigenvalue weighted by atomic mass is 15.2. The van der Waals surface area contributed by atoms with Crippen molar-refractivity contribution >= 4 is 0 Å². The Morgan fingerprint density at radius 3 is 2.62 bits per heavy atom. The van der Waals surface area contributed by atoms with E-state index < -0.39 is 0 Å². The van der Waals surface area contributed by atoms with Crippen LogP contribution in [0.1, 0.15) is 52.4 Å². The summed E-state index contributed by atoms with van der Waals surface area (Å²) in [4.78, 5) is 2.72. The quantitative estimate of drug-likeness (QED) is 0.790. The number of nitrogens with one attached hydrogen (secondary N) is 1. The lowest BCUT2D eigenvalue weighted by atomic mass is 9.84. The topological polar surface area (TPSA) is 15.3 Å². The molecule has 0 aromatic heterocycles. The van der Waals surface area contributed by atoms with Gasteiger partial charge in [-0.15, -0.1) is 0 Å². The summed E-state index contributed by atoms with van der Waals surface area (Å²) in [6, 6.07) is 1.63. The van der Waals surface area contributed by atoms with E-state index in [1.165, 1.54) is 51.6 Å². The maximum absolute atomic E-state index is 3.70. The van der Waals surface area contributed by atoms with Gasteiger partial charge in [-0.3, -0.25) is 0 Å². The van der Waals surface area contributed by atoms with E-state index in [9.17, 15) is 0 Å². The Bertz CT molecular complexity index is 203. The van der Waals surface area contributed by atoms with Gasteiger partial charge in [-0.05, 0) is 51.6 Å². The number of nitrogens with zero attached hydrogens (tertiary/aromatic N) is 1. The van der Waals surface area contributed by atoms with Gasteiger partial charge in [0, 0.05) is 18.6 Å². The third-order valence-electron chi connectivity index (χ3n) is 4.53. The van der Waals surface area contributed by atoms with Crippen molar-refractivity contribution in [3.8, 4) is 0 Å². The van der Waals surface area contributed by atoms with E-state index in [1.54, 1.807) is 0 Å². The first-order chi connectivity index (χ1) is 7.81. The monoisotopic (exact) mass is 224 g/mol. The fourth-order valence-corrected chi connectivity index (χ4v) is 3.52. The molecule has 16 heavy (non-hydrogen) atoms. The molecule has 0 aromatic rings. The molecule has 2 nitrogen and oxygen atoms in total. The third kappa shape index (κ3) is 2.98. The summed E-state index contributed by atoms with van der Waals surface area (Å²) < 4.78 is 0. The van der Waals surface area contributed by atoms with Crippen molar-refractivity contribution in [1.29, 1.82) is 0 Å². The lowest BCUT2D eigenvalue weighted by Crippen LogP contribution is -2.44. The first kappa shape index (κ1) is 12.4. The van der Waals surface area contributed by atoms with Gasteiger partial charge >= 0.3 is 0 Å². The van der Waals surface area contributed by atoms with Gasteiger partial charge in [0.2, 0.25) is 0 Å². The zero-order valence-corrected chi connectivity index (χ0v) is 11.0. The van der Waals surface area contributed by atoms with Crippen LogP contribution in [0.25, 0.3) is 0 Å². The first-order valence-electron chi connectivity index (χ1n) is 7.28. The van der Waals surface area contributed by atoms with Gasteiger partial charge in [-0.2, -0.15) is 0 Å². The second kappa shape index (κ2) is 6.02. The zero-order valence-electron chi connectivity index (χ0n) is 11.0. The van der Waals surface area contributed by atoms with Crippen molar-refractivity contribution in [2.75, 3.05) is 19.6 Å². The van der Waals surface area contributed by atoms with Crippen LogP contribution >= 0.6 is 0 Å². The average molecular weight is 224 g/mol. The van der Waals surface area contributed by atoms with Gasteiger partial charge in [-0.25, -0.2) is 0 Å². The van der Waals surface area contributed by atoms with E-state index in [4.69, 9.17) is 0 Å². The molecule has 2 rings (SSSR count). The van der Waals surface area contributed by atoms with Crippen LogP contribution in [0.2, 0.25) is 0 Å². The van der Waals surface area contributed by atoms with E-state index >= 15 is 0 Å². The van der Waals surface area contributed by atoms with Crippen molar-refractivity contribution in [1.82, 2.24) is 10.2 Å². The summed E-state index contributed by atoms with van der Waals surface area (Å²) in [6.45, 7) is 8.47. The summed E-state index contributed by atoms with van der Waals surface area (Å²) in [6.07, 6.45) is 8.57. The summed E-state index contributed by atoms with van der Waals surface area (Å²) in [7, 11) is 0. The lowest BCUT2D eigenvalue weighted by Gasteiger charge is -2.36. The van der Waals surface area contributed by atoms with Crippen LogP contribution in [0.3, 0.4) is 0 Å². The van der Waals surface area contributed by atoms with Crippen molar-refractivity contribution in [2.45, 2.75) is 64.5 Å². The molecule has 2 fully saturated rings. The molecule has 0 aromatic carbocycles. The molecule has 1 saturated carbocycles. The largest absolute Gasteiger partial charge is 0.314 e. The van der Waals surface area contributed by atoms with E-state index in [0.29, 0.717) is 0 Å². The minimum Gasteiger partial charge on any atom is -0.314 e. The normalized spacial score (nSPS) is 36.8. The molecule has 94 valence electrons. The number of rotatable bonds is 4. The van der Waals surface area contributed by atoms with Crippen LogP contribution in [-0.2, 0) is 0 Å². The molecule has 3 unspecified atom stereocenters. The summed E-state index contributed by atoms with van der Waals surface area (Å²) in [5, 5.41) is 3.70. The highest BCUT2D eigenvalue weighted by molar-refractivity contribution is 4.85. The lowest BCUT2D eigenvalue weighted by molar-refractivity contribution is 0.165. The molecule has 1 heterocycles. The zero-order chi connectivity index (χ0) is 11.4. The summed E-state index contributed by atoms with van der Waals surface area (Å²) in [5.74, 6) is 0.911. The fourth-order valence-electron chi connectivity index (χ4n) is 3.52. The standard InChI is InChI=1S/C14H28N2/c1-3-15-14-9-5-4-8-13(14)11-16-10-6-7-12(16)2/h12-15H,3-11H2,1-2H3. The third-order valence-corrected chi connectivity index (χ3v) is 4.53. The van der Waals surface area contributed by atoms with Gasteiger partial charge < -0.3 is 10.2 Å². The van der Waals surface area contributed by atoms with E-state index in [2.05, 4.69) is 24.1 Å². The Morgan fingerprint density at radius 1 is 1.12 bits per heavy atom. The van der Waals surface area contributed by atoms with E-state index in [0.717, 1.165) is 24.5 Å². The Hall–Kier alpha value is -0.0800. The molecule has 1 aliphatic heterocycles. The minimum atomic E-state index is 0.798. The number of hydrogen-bond acceptors (Lipinski definition) is 2. The Labute approximate surface area is 101 Å². The van der Waals surface area contributed by atoms with Gasteiger partial charge in [-0.1, -0.05) is 19.8 Å². The average Bonchev–Trinajstić information content (AvgIpc) is 2.68. The minimum absolute atomic E-state index is 0.798. The molecule has 2 aliphatic rings. The van der Waals surface area contributed by atoms with Gasteiger partial charge in [0.15, 0.2) is 0 Å². The maximum Gasteiger partial charge on any atom is 0.0107 e. The predicted molar refractivity (Wildman–Crippen MR) is 69.7 cm³/mol. The van der Waals surface area contributed by atoms with E-state index in [1.807, 2.05) is 0 Å². The Morgan fingerprint density at radius 2 is 1.94 bits per heavy atom. The second-order valence-corrected chi connectivity index (χ2v) is 5.69. The maximum atomic E-state index is 3.70. The second-order valence-electron chi connectivity index (χ2n) is 5.69. The van der Waals surface area contributed by atoms with Crippen LogP contribution in [0.4, 0.5) is 0 Å². The number of hydrogen-bond donors (Lipinski definition) is 1. The Balaban J connectivity index is 1.85. The van der Waals surface area contributed by atoms with Crippen LogP contribution < -0.4 is 5.32 Å². The van der Waals surface area contributed by atoms with Gasteiger partial charge in [0.05, 0.1) is 0 Å².